The lowest BCUT2D eigenvalue weighted by molar-refractivity contribution is 0.310. The topological polar surface area (TPSA) is 49.0 Å². The summed E-state index contributed by atoms with van der Waals surface area (Å²) in [5.41, 5.74) is 3.16. The third-order valence-corrected chi connectivity index (χ3v) is 6.22. The van der Waals surface area contributed by atoms with Gasteiger partial charge in [-0.1, -0.05) is 42.5 Å². The second-order valence-corrected chi connectivity index (χ2v) is 8.47. The van der Waals surface area contributed by atoms with Crippen LogP contribution in [0.1, 0.15) is 11.4 Å². The molecule has 4 nitrogen and oxygen atoms in total. The molecule has 0 amide bonds. The van der Waals surface area contributed by atoms with Crippen molar-refractivity contribution in [3.63, 3.8) is 0 Å². The number of thiophene rings is 1. The largest absolute Gasteiger partial charge is 0.309 e. The number of nitrogens with one attached hydrogen (secondary N) is 1. The normalized spacial score (nSPS) is 11.4. The van der Waals surface area contributed by atoms with Gasteiger partial charge in [-0.3, -0.25) is 9.69 Å². The van der Waals surface area contributed by atoms with Crippen LogP contribution in [0.2, 0.25) is 0 Å². The van der Waals surface area contributed by atoms with E-state index in [1.54, 1.807) is 11.8 Å². The van der Waals surface area contributed by atoms with Crippen LogP contribution in [0.3, 0.4) is 0 Å². The van der Waals surface area contributed by atoms with Gasteiger partial charge in [0, 0.05) is 22.4 Å². The molecule has 0 aliphatic heterocycles. The van der Waals surface area contributed by atoms with E-state index in [0.717, 1.165) is 22.5 Å². The van der Waals surface area contributed by atoms with Crippen LogP contribution in [0.25, 0.3) is 21.3 Å². The standard InChI is InChI=1S/C22H21N3OS2/c1-25(12-15-8-10-17(27-2)11-9-15)13-19-23-21(26)20-18(14-28-22(20)24-19)16-6-4-3-5-7-16/h3-11,14H,12-13H2,1-2H3,(H,23,24,26). The molecule has 0 aliphatic carbocycles. The third-order valence-electron chi connectivity index (χ3n) is 4.61. The van der Waals surface area contributed by atoms with Crippen molar-refractivity contribution in [3.05, 3.63) is 81.7 Å². The lowest BCUT2D eigenvalue weighted by atomic mass is 10.1. The average Bonchev–Trinajstić information content (AvgIpc) is 3.14. The van der Waals surface area contributed by atoms with Crippen molar-refractivity contribution >= 4 is 33.3 Å². The number of aromatic amines is 1. The summed E-state index contributed by atoms with van der Waals surface area (Å²) in [7, 11) is 2.04. The first-order chi connectivity index (χ1) is 13.6. The van der Waals surface area contributed by atoms with Crippen LogP contribution in [0.5, 0.6) is 0 Å². The van der Waals surface area contributed by atoms with Gasteiger partial charge in [-0.15, -0.1) is 23.1 Å². The summed E-state index contributed by atoms with van der Waals surface area (Å²) in [6.45, 7) is 1.39. The number of hydrogen-bond acceptors (Lipinski definition) is 5. The summed E-state index contributed by atoms with van der Waals surface area (Å²) in [6, 6.07) is 18.5. The molecule has 0 saturated heterocycles. The zero-order valence-electron chi connectivity index (χ0n) is 15.8. The molecule has 142 valence electrons. The van der Waals surface area contributed by atoms with E-state index in [1.165, 1.54) is 21.8 Å². The highest BCUT2D eigenvalue weighted by molar-refractivity contribution is 7.98. The Morgan fingerprint density at radius 3 is 2.54 bits per heavy atom. The Balaban J connectivity index is 1.55. The van der Waals surface area contributed by atoms with Gasteiger partial charge in [0.1, 0.15) is 10.7 Å². The second-order valence-electron chi connectivity index (χ2n) is 6.73. The molecule has 28 heavy (non-hydrogen) atoms. The fraction of sp³-hybridized carbons (Fsp3) is 0.182. The van der Waals surface area contributed by atoms with Crippen LogP contribution in [-0.2, 0) is 13.1 Å². The summed E-state index contributed by atoms with van der Waals surface area (Å²) in [4.78, 5) is 24.6. The number of aromatic nitrogens is 2. The van der Waals surface area contributed by atoms with E-state index in [0.29, 0.717) is 17.8 Å². The van der Waals surface area contributed by atoms with Crippen molar-refractivity contribution in [2.75, 3.05) is 13.3 Å². The zero-order valence-corrected chi connectivity index (χ0v) is 17.4. The van der Waals surface area contributed by atoms with Gasteiger partial charge in [-0.25, -0.2) is 4.98 Å². The van der Waals surface area contributed by atoms with E-state index < -0.39 is 0 Å². The van der Waals surface area contributed by atoms with Gasteiger partial charge in [0.2, 0.25) is 0 Å². The maximum Gasteiger partial charge on any atom is 0.260 e. The van der Waals surface area contributed by atoms with Crippen LogP contribution < -0.4 is 5.56 Å². The zero-order chi connectivity index (χ0) is 19.5. The van der Waals surface area contributed by atoms with Crippen LogP contribution >= 0.6 is 23.1 Å². The van der Waals surface area contributed by atoms with Crippen LogP contribution in [-0.4, -0.2) is 28.2 Å². The number of nitrogens with zero attached hydrogens (tertiary/aromatic N) is 2. The smallest absolute Gasteiger partial charge is 0.260 e. The molecule has 1 N–H and O–H groups in total. The van der Waals surface area contributed by atoms with E-state index in [-0.39, 0.29) is 5.56 Å². The predicted octanol–water partition coefficient (Wildman–Crippen LogP) is 5.01. The number of benzene rings is 2. The summed E-state index contributed by atoms with van der Waals surface area (Å²) in [5, 5.41) is 2.69. The van der Waals surface area contributed by atoms with E-state index in [1.807, 2.05) is 42.8 Å². The van der Waals surface area contributed by atoms with Crippen molar-refractivity contribution in [2.45, 2.75) is 18.0 Å². The predicted molar refractivity (Wildman–Crippen MR) is 119 cm³/mol. The van der Waals surface area contributed by atoms with E-state index in [9.17, 15) is 4.79 Å². The van der Waals surface area contributed by atoms with E-state index in [2.05, 4.69) is 40.4 Å². The van der Waals surface area contributed by atoms with E-state index in [4.69, 9.17) is 4.98 Å². The lowest BCUT2D eigenvalue weighted by Gasteiger charge is -2.16. The molecule has 6 heteroatoms. The molecule has 0 bridgehead atoms. The first kappa shape index (κ1) is 18.9. The highest BCUT2D eigenvalue weighted by Crippen LogP contribution is 2.30. The highest BCUT2D eigenvalue weighted by Gasteiger charge is 2.13. The second kappa shape index (κ2) is 8.31. The van der Waals surface area contributed by atoms with Crippen molar-refractivity contribution in [1.82, 2.24) is 14.9 Å². The minimum Gasteiger partial charge on any atom is -0.309 e. The summed E-state index contributed by atoms with van der Waals surface area (Å²) in [5.74, 6) is 0.696. The molecule has 0 unspecified atom stereocenters. The minimum atomic E-state index is -0.0715. The van der Waals surface area contributed by atoms with Crippen molar-refractivity contribution in [1.29, 1.82) is 0 Å². The first-order valence-corrected chi connectivity index (χ1v) is 11.1. The Morgan fingerprint density at radius 1 is 1.07 bits per heavy atom. The van der Waals surface area contributed by atoms with Gasteiger partial charge in [-0.05, 0) is 36.6 Å². The molecule has 0 aliphatic rings. The number of rotatable bonds is 6. The molecular weight excluding hydrogens is 386 g/mol. The molecular formula is C22H21N3OS2. The Hall–Kier alpha value is -2.41. The van der Waals surface area contributed by atoms with Crippen molar-refractivity contribution < 1.29 is 0 Å². The molecule has 2 heterocycles. The number of hydrogen-bond donors (Lipinski definition) is 1. The van der Waals surface area contributed by atoms with Gasteiger partial charge < -0.3 is 4.98 Å². The molecule has 0 fully saturated rings. The monoisotopic (exact) mass is 407 g/mol. The minimum absolute atomic E-state index is 0.0715. The molecule has 0 radical (unpaired) electrons. The molecule has 0 saturated carbocycles. The van der Waals surface area contributed by atoms with Crippen molar-refractivity contribution in [3.8, 4) is 11.1 Å². The molecule has 0 atom stereocenters. The van der Waals surface area contributed by atoms with Gasteiger partial charge in [0.15, 0.2) is 0 Å². The molecule has 2 aromatic carbocycles. The SMILES string of the molecule is CSc1ccc(CN(C)Cc2nc3scc(-c4ccccc4)c3c(=O)[nH]2)cc1. The Labute approximate surface area is 172 Å². The molecule has 0 spiro atoms. The fourth-order valence-electron chi connectivity index (χ4n) is 3.25. The lowest BCUT2D eigenvalue weighted by Crippen LogP contribution is -2.21. The van der Waals surface area contributed by atoms with Gasteiger partial charge >= 0.3 is 0 Å². The van der Waals surface area contributed by atoms with Crippen LogP contribution in [0.15, 0.2) is 69.7 Å². The van der Waals surface area contributed by atoms with Crippen molar-refractivity contribution in [2.24, 2.45) is 0 Å². The maximum atomic E-state index is 12.8. The Morgan fingerprint density at radius 2 is 1.82 bits per heavy atom. The number of fused-ring (bicyclic) bond motifs is 1. The van der Waals surface area contributed by atoms with Crippen LogP contribution in [0, 0.1) is 0 Å². The molecule has 2 aromatic heterocycles. The van der Waals surface area contributed by atoms with Gasteiger partial charge in [-0.2, -0.15) is 0 Å². The average molecular weight is 408 g/mol. The third kappa shape index (κ3) is 4.04. The molecule has 4 rings (SSSR count). The highest BCUT2D eigenvalue weighted by atomic mass is 32.2. The summed E-state index contributed by atoms with van der Waals surface area (Å²) < 4.78 is 0. The Bertz CT molecular complexity index is 1130. The van der Waals surface area contributed by atoms with E-state index >= 15 is 0 Å². The molecule has 4 aromatic rings. The van der Waals surface area contributed by atoms with Gasteiger partial charge in [0.05, 0.1) is 11.9 Å². The van der Waals surface area contributed by atoms with Crippen LogP contribution in [0.4, 0.5) is 0 Å². The summed E-state index contributed by atoms with van der Waals surface area (Å²) in [6.07, 6.45) is 2.08. The fourth-order valence-corrected chi connectivity index (χ4v) is 4.63. The maximum absolute atomic E-state index is 12.8. The Kier molecular flexibility index (Phi) is 5.62. The number of thioether (sulfide) groups is 1. The number of H-pyrrole nitrogens is 1. The quantitative estimate of drug-likeness (QED) is 0.457. The first-order valence-electron chi connectivity index (χ1n) is 9.01. The summed E-state index contributed by atoms with van der Waals surface area (Å²) >= 11 is 3.26. The van der Waals surface area contributed by atoms with Gasteiger partial charge in [0.25, 0.3) is 5.56 Å².